The summed E-state index contributed by atoms with van der Waals surface area (Å²) in [5.41, 5.74) is 0.133. The van der Waals surface area contributed by atoms with Crippen LogP contribution in [0.1, 0.15) is 40.7 Å². The highest BCUT2D eigenvalue weighted by Crippen LogP contribution is 2.42. The fraction of sp³-hybridized carbons (Fsp3) is 0.368. The van der Waals surface area contributed by atoms with Gasteiger partial charge < -0.3 is 14.5 Å². The lowest BCUT2D eigenvalue weighted by molar-refractivity contribution is -0.141. The number of nitrogens with one attached hydrogen (secondary N) is 1. The molecule has 1 aliphatic rings. The summed E-state index contributed by atoms with van der Waals surface area (Å²) in [6.07, 6.45) is -2.77. The molecule has 0 spiro atoms. The van der Waals surface area contributed by atoms with Crippen molar-refractivity contribution in [1.82, 2.24) is 15.1 Å². The summed E-state index contributed by atoms with van der Waals surface area (Å²) in [5.74, 6) is 0.289. The molecule has 2 heterocycles. The summed E-state index contributed by atoms with van der Waals surface area (Å²) in [4.78, 5) is 12.3. The second kappa shape index (κ2) is 6.88. The Balaban J connectivity index is 1.44. The number of nitrogens with zero attached hydrogens (tertiary/aromatic N) is 2. The van der Waals surface area contributed by atoms with Crippen molar-refractivity contribution in [3.05, 3.63) is 47.5 Å². The molecular formula is C19H18F3N3O3. The van der Waals surface area contributed by atoms with E-state index in [0.717, 1.165) is 24.3 Å². The fourth-order valence-corrected chi connectivity index (χ4v) is 3.13. The Morgan fingerprint density at radius 3 is 2.82 bits per heavy atom. The molecule has 0 aliphatic heterocycles. The van der Waals surface area contributed by atoms with Crippen molar-refractivity contribution in [2.75, 3.05) is 13.7 Å². The number of benzene rings is 1. The van der Waals surface area contributed by atoms with Gasteiger partial charge in [-0.2, -0.15) is 18.3 Å². The minimum atomic E-state index is -4.48. The van der Waals surface area contributed by atoms with Crippen LogP contribution in [0.5, 0.6) is 5.75 Å². The molecule has 28 heavy (non-hydrogen) atoms. The predicted octanol–water partition coefficient (Wildman–Crippen LogP) is 3.96. The van der Waals surface area contributed by atoms with E-state index in [1.807, 2.05) is 0 Å². The standard InChI is InChI=1S/C19H18F3N3O3/c1-27-14-4-2-3-12-9-15(28-17(12)14)18(26)23-7-8-25-13(11-5-6-11)10-16(24-25)19(20,21)22/h2-4,9-11H,5-8H2,1H3,(H,23,26). The van der Waals surface area contributed by atoms with Crippen LogP contribution < -0.4 is 10.1 Å². The molecule has 9 heteroatoms. The number of aromatic nitrogens is 2. The summed E-state index contributed by atoms with van der Waals surface area (Å²) in [6.45, 7) is 0.281. The Kier molecular flexibility index (Phi) is 4.52. The minimum absolute atomic E-state index is 0.110. The van der Waals surface area contributed by atoms with Gasteiger partial charge in [-0.3, -0.25) is 9.48 Å². The van der Waals surface area contributed by atoms with Gasteiger partial charge in [0, 0.05) is 23.5 Å². The van der Waals surface area contributed by atoms with Gasteiger partial charge in [-0.1, -0.05) is 12.1 Å². The van der Waals surface area contributed by atoms with Gasteiger partial charge in [0.15, 0.2) is 22.8 Å². The van der Waals surface area contributed by atoms with Gasteiger partial charge in [-0.15, -0.1) is 0 Å². The topological polar surface area (TPSA) is 69.3 Å². The number of amides is 1. The molecule has 0 bridgehead atoms. The van der Waals surface area contributed by atoms with Crippen molar-refractivity contribution in [2.24, 2.45) is 0 Å². The molecule has 1 aliphatic carbocycles. The van der Waals surface area contributed by atoms with E-state index in [1.165, 1.54) is 11.8 Å². The summed E-state index contributed by atoms with van der Waals surface area (Å²) in [5, 5.41) is 7.06. The zero-order chi connectivity index (χ0) is 19.9. The fourth-order valence-electron chi connectivity index (χ4n) is 3.13. The van der Waals surface area contributed by atoms with Crippen molar-refractivity contribution in [3.63, 3.8) is 0 Å². The highest BCUT2D eigenvalue weighted by atomic mass is 19.4. The van der Waals surface area contributed by atoms with Crippen LogP contribution in [-0.2, 0) is 12.7 Å². The summed E-state index contributed by atoms with van der Waals surface area (Å²) < 4.78 is 50.9. The Morgan fingerprint density at radius 1 is 1.36 bits per heavy atom. The monoisotopic (exact) mass is 393 g/mol. The number of carbonyl (C=O) groups is 1. The maximum absolute atomic E-state index is 12.9. The molecule has 0 saturated heterocycles. The molecule has 0 radical (unpaired) electrons. The average molecular weight is 393 g/mol. The first-order chi connectivity index (χ1) is 13.4. The third kappa shape index (κ3) is 3.56. The number of methoxy groups -OCH3 is 1. The molecule has 4 rings (SSSR count). The van der Waals surface area contributed by atoms with Crippen LogP contribution in [0.2, 0.25) is 0 Å². The van der Waals surface area contributed by atoms with Crippen LogP contribution in [0.15, 0.2) is 34.7 Å². The maximum atomic E-state index is 12.9. The lowest BCUT2D eigenvalue weighted by Crippen LogP contribution is -2.27. The lowest BCUT2D eigenvalue weighted by atomic mass is 10.2. The van der Waals surface area contributed by atoms with Crippen LogP contribution in [0, 0.1) is 0 Å². The van der Waals surface area contributed by atoms with E-state index in [4.69, 9.17) is 9.15 Å². The Morgan fingerprint density at radius 2 is 2.14 bits per heavy atom. The van der Waals surface area contributed by atoms with Gasteiger partial charge in [0.25, 0.3) is 5.91 Å². The first kappa shape index (κ1) is 18.4. The molecule has 0 atom stereocenters. The molecule has 148 valence electrons. The minimum Gasteiger partial charge on any atom is -0.493 e. The molecule has 3 aromatic rings. The number of rotatable bonds is 6. The normalized spacial score (nSPS) is 14.4. The zero-order valence-electron chi connectivity index (χ0n) is 15.0. The number of ether oxygens (including phenoxy) is 1. The molecule has 1 saturated carbocycles. The van der Waals surface area contributed by atoms with Crippen molar-refractivity contribution < 1.29 is 27.1 Å². The van der Waals surface area contributed by atoms with Crippen LogP contribution in [0.3, 0.4) is 0 Å². The Labute approximate surface area is 158 Å². The number of fused-ring (bicyclic) bond motifs is 1. The molecule has 1 amide bonds. The van der Waals surface area contributed by atoms with E-state index >= 15 is 0 Å². The molecule has 6 nitrogen and oxygen atoms in total. The van der Waals surface area contributed by atoms with E-state index in [1.54, 1.807) is 24.3 Å². The number of hydrogen-bond acceptors (Lipinski definition) is 4. The first-order valence-electron chi connectivity index (χ1n) is 8.86. The van der Waals surface area contributed by atoms with Gasteiger partial charge in [0.05, 0.1) is 13.7 Å². The number of halogens is 3. The van der Waals surface area contributed by atoms with E-state index in [0.29, 0.717) is 17.0 Å². The number of hydrogen-bond donors (Lipinski definition) is 1. The van der Waals surface area contributed by atoms with E-state index in [2.05, 4.69) is 10.4 Å². The predicted molar refractivity (Wildman–Crippen MR) is 94.3 cm³/mol. The first-order valence-corrected chi connectivity index (χ1v) is 8.86. The summed E-state index contributed by atoms with van der Waals surface area (Å²) >= 11 is 0. The Hall–Kier alpha value is -2.97. The number of alkyl halides is 3. The molecule has 0 unspecified atom stereocenters. The molecule has 1 fully saturated rings. The van der Waals surface area contributed by atoms with Gasteiger partial charge in [-0.25, -0.2) is 0 Å². The van der Waals surface area contributed by atoms with Crippen molar-refractivity contribution in [1.29, 1.82) is 0 Å². The summed E-state index contributed by atoms with van der Waals surface area (Å²) in [6, 6.07) is 8.00. The smallest absolute Gasteiger partial charge is 0.435 e. The SMILES string of the molecule is COc1cccc2cc(C(=O)NCCn3nc(C(F)(F)F)cc3C3CC3)oc12. The van der Waals surface area contributed by atoms with Crippen LogP contribution >= 0.6 is 0 Å². The number of carbonyl (C=O) groups excluding carboxylic acids is 1. The van der Waals surface area contributed by atoms with E-state index < -0.39 is 17.8 Å². The van der Waals surface area contributed by atoms with Crippen molar-refractivity contribution in [3.8, 4) is 5.75 Å². The van der Waals surface area contributed by atoms with Gasteiger partial charge in [-0.05, 0) is 31.0 Å². The van der Waals surface area contributed by atoms with E-state index in [9.17, 15) is 18.0 Å². The van der Waals surface area contributed by atoms with Gasteiger partial charge in [0.2, 0.25) is 0 Å². The number of furan rings is 1. The highest BCUT2D eigenvalue weighted by Gasteiger charge is 2.37. The highest BCUT2D eigenvalue weighted by molar-refractivity contribution is 5.97. The molecule has 1 aromatic carbocycles. The van der Waals surface area contributed by atoms with Crippen LogP contribution in [0.25, 0.3) is 11.0 Å². The lowest BCUT2D eigenvalue weighted by Gasteiger charge is -2.07. The van der Waals surface area contributed by atoms with Gasteiger partial charge in [0.1, 0.15) is 0 Å². The third-order valence-corrected chi connectivity index (χ3v) is 4.66. The Bertz CT molecular complexity index is 1020. The second-order valence-electron chi connectivity index (χ2n) is 6.69. The maximum Gasteiger partial charge on any atom is 0.435 e. The van der Waals surface area contributed by atoms with Crippen molar-refractivity contribution >= 4 is 16.9 Å². The van der Waals surface area contributed by atoms with Crippen LogP contribution in [-0.4, -0.2) is 29.3 Å². The number of para-hydroxylation sites is 1. The quantitative estimate of drug-likeness (QED) is 0.688. The largest absolute Gasteiger partial charge is 0.493 e. The average Bonchev–Trinajstić information content (AvgIpc) is 3.24. The summed E-state index contributed by atoms with van der Waals surface area (Å²) in [7, 11) is 1.51. The zero-order valence-corrected chi connectivity index (χ0v) is 15.0. The molecule has 2 aromatic heterocycles. The molecular weight excluding hydrogens is 375 g/mol. The van der Waals surface area contributed by atoms with Crippen molar-refractivity contribution in [2.45, 2.75) is 31.5 Å². The second-order valence-corrected chi connectivity index (χ2v) is 6.69. The van der Waals surface area contributed by atoms with E-state index in [-0.39, 0.29) is 24.8 Å². The van der Waals surface area contributed by atoms with Gasteiger partial charge >= 0.3 is 6.18 Å². The molecule has 1 N–H and O–H groups in total. The van der Waals surface area contributed by atoms with Crippen LogP contribution in [0.4, 0.5) is 13.2 Å². The third-order valence-electron chi connectivity index (χ3n) is 4.66.